The number of ether oxygens (including phenoxy) is 1. The molecule has 0 atom stereocenters. The van der Waals surface area contributed by atoms with Crippen molar-refractivity contribution in [1.29, 1.82) is 5.26 Å². The molecule has 2 aromatic heterocycles. The summed E-state index contributed by atoms with van der Waals surface area (Å²) in [4.78, 5) is 12.6. The van der Waals surface area contributed by atoms with Gasteiger partial charge in [0, 0.05) is 36.3 Å². The van der Waals surface area contributed by atoms with E-state index >= 15 is 0 Å². The van der Waals surface area contributed by atoms with E-state index in [1.165, 1.54) is 15.9 Å². The molecule has 10 heteroatoms. The number of nitriles is 1. The molecule has 5 rings (SSSR count). The Kier molecular flexibility index (Phi) is 6.74. The number of aromatic nitrogens is 6. The fourth-order valence-electron chi connectivity index (χ4n) is 3.70. The average Bonchev–Trinajstić information content (AvgIpc) is 3.33. The van der Waals surface area contributed by atoms with Crippen LogP contribution in [0.1, 0.15) is 22.8 Å². The van der Waals surface area contributed by atoms with Gasteiger partial charge in [-0.1, -0.05) is 41.1 Å². The maximum absolute atomic E-state index is 9.04. The van der Waals surface area contributed by atoms with Gasteiger partial charge in [-0.05, 0) is 51.9 Å². The SMILES string of the molecule is N#Cc1nnnn1Cc1ccc(Sc2ccnc(Cc3ccc(N4CCOCC4)cc3)n2)cc1. The number of tetrazole rings is 1. The van der Waals surface area contributed by atoms with Gasteiger partial charge in [-0.25, -0.2) is 14.6 Å². The molecule has 0 radical (unpaired) electrons. The fourth-order valence-corrected chi connectivity index (χ4v) is 4.49. The Morgan fingerprint density at radius 1 is 0.971 bits per heavy atom. The molecule has 0 unspecified atom stereocenters. The van der Waals surface area contributed by atoms with Crippen LogP contribution in [0.2, 0.25) is 0 Å². The molecule has 1 fully saturated rings. The highest BCUT2D eigenvalue weighted by Crippen LogP contribution is 2.26. The highest BCUT2D eigenvalue weighted by atomic mass is 32.2. The summed E-state index contributed by atoms with van der Waals surface area (Å²) in [6.45, 7) is 3.87. The van der Waals surface area contributed by atoms with Gasteiger partial charge in [0.25, 0.3) is 5.82 Å². The first-order chi connectivity index (χ1) is 16.8. The van der Waals surface area contributed by atoms with Crippen molar-refractivity contribution in [2.45, 2.75) is 22.9 Å². The Bertz CT molecular complexity index is 1280. The van der Waals surface area contributed by atoms with Crippen LogP contribution < -0.4 is 4.90 Å². The molecule has 34 heavy (non-hydrogen) atoms. The summed E-state index contributed by atoms with van der Waals surface area (Å²) in [6.07, 6.45) is 2.49. The molecule has 0 bridgehead atoms. The number of hydrogen-bond donors (Lipinski definition) is 0. The van der Waals surface area contributed by atoms with Crippen LogP contribution in [0.4, 0.5) is 5.69 Å². The molecule has 0 spiro atoms. The molecule has 2 aromatic carbocycles. The molecule has 0 aliphatic carbocycles. The van der Waals surface area contributed by atoms with Gasteiger partial charge in [0.15, 0.2) is 0 Å². The van der Waals surface area contributed by atoms with Crippen LogP contribution in [-0.4, -0.2) is 56.5 Å². The van der Waals surface area contributed by atoms with Crippen molar-refractivity contribution in [2.75, 3.05) is 31.2 Å². The molecule has 0 saturated carbocycles. The number of morpholine rings is 1. The quantitative estimate of drug-likeness (QED) is 0.377. The Balaban J connectivity index is 1.21. The third kappa shape index (κ3) is 5.39. The Hall–Kier alpha value is -3.81. The molecule has 4 aromatic rings. The summed E-state index contributed by atoms with van der Waals surface area (Å²) in [5, 5.41) is 21.0. The highest BCUT2D eigenvalue weighted by Gasteiger charge is 2.11. The molecular formula is C24H22N8OS. The van der Waals surface area contributed by atoms with Crippen molar-refractivity contribution in [3.8, 4) is 6.07 Å². The number of anilines is 1. The summed E-state index contributed by atoms with van der Waals surface area (Å²) in [5.74, 6) is 0.992. The zero-order chi connectivity index (χ0) is 23.2. The van der Waals surface area contributed by atoms with Gasteiger partial charge in [-0.2, -0.15) is 5.26 Å². The van der Waals surface area contributed by atoms with Crippen LogP contribution in [0.25, 0.3) is 0 Å². The lowest BCUT2D eigenvalue weighted by molar-refractivity contribution is 0.122. The normalized spacial score (nSPS) is 13.6. The number of hydrogen-bond acceptors (Lipinski definition) is 9. The molecule has 1 aliphatic rings. The van der Waals surface area contributed by atoms with E-state index in [0.29, 0.717) is 13.0 Å². The van der Waals surface area contributed by atoms with E-state index in [1.807, 2.05) is 42.6 Å². The van der Waals surface area contributed by atoms with Gasteiger partial charge < -0.3 is 9.64 Å². The minimum absolute atomic E-state index is 0.197. The van der Waals surface area contributed by atoms with E-state index in [2.05, 4.69) is 49.7 Å². The summed E-state index contributed by atoms with van der Waals surface area (Å²) in [7, 11) is 0. The van der Waals surface area contributed by atoms with Crippen molar-refractivity contribution in [3.05, 3.63) is 83.6 Å². The molecule has 1 aliphatic heterocycles. The average molecular weight is 471 g/mol. The van der Waals surface area contributed by atoms with Crippen molar-refractivity contribution >= 4 is 17.4 Å². The second kappa shape index (κ2) is 10.4. The van der Waals surface area contributed by atoms with Crippen LogP contribution in [0.5, 0.6) is 0 Å². The first-order valence-corrected chi connectivity index (χ1v) is 11.7. The van der Waals surface area contributed by atoms with Crippen LogP contribution in [0.3, 0.4) is 0 Å². The third-order valence-electron chi connectivity index (χ3n) is 5.46. The van der Waals surface area contributed by atoms with Crippen molar-refractivity contribution in [2.24, 2.45) is 0 Å². The second-order valence-corrected chi connectivity index (χ2v) is 8.87. The van der Waals surface area contributed by atoms with Crippen LogP contribution in [0, 0.1) is 11.3 Å². The first kappa shape index (κ1) is 22.0. The number of nitrogens with zero attached hydrogens (tertiary/aromatic N) is 8. The Morgan fingerprint density at radius 2 is 1.74 bits per heavy atom. The van der Waals surface area contributed by atoms with E-state index in [4.69, 9.17) is 15.0 Å². The molecular weight excluding hydrogens is 448 g/mol. The van der Waals surface area contributed by atoms with E-state index < -0.39 is 0 Å². The standard InChI is InChI=1S/C24H22N8OS/c25-16-23-28-29-30-32(23)17-19-3-7-21(8-4-19)34-24-9-10-26-22(27-24)15-18-1-5-20(6-2-18)31-11-13-33-14-12-31/h1-10H,11-15,17H2. The molecule has 0 N–H and O–H groups in total. The third-order valence-corrected chi connectivity index (χ3v) is 6.41. The van der Waals surface area contributed by atoms with Crippen molar-refractivity contribution < 1.29 is 4.74 Å². The van der Waals surface area contributed by atoms with Crippen molar-refractivity contribution in [1.82, 2.24) is 30.2 Å². The summed E-state index contributed by atoms with van der Waals surface area (Å²) in [5.41, 5.74) is 3.42. The van der Waals surface area contributed by atoms with Crippen LogP contribution in [0.15, 0.2) is 70.7 Å². The van der Waals surface area contributed by atoms with Gasteiger partial charge >= 0.3 is 0 Å². The Morgan fingerprint density at radius 3 is 2.50 bits per heavy atom. The van der Waals surface area contributed by atoms with Crippen molar-refractivity contribution in [3.63, 3.8) is 0 Å². The zero-order valence-electron chi connectivity index (χ0n) is 18.4. The fraction of sp³-hybridized carbons (Fsp3) is 0.250. The minimum atomic E-state index is 0.197. The summed E-state index contributed by atoms with van der Waals surface area (Å²) >= 11 is 1.59. The Labute approximate surface area is 201 Å². The largest absolute Gasteiger partial charge is 0.378 e. The molecule has 170 valence electrons. The lowest BCUT2D eigenvalue weighted by Crippen LogP contribution is -2.36. The van der Waals surface area contributed by atoms with Gasteiger partial charge in [0.1, 0.15) is 16.9 Å². The molecule has 0 amide bonds. The smallest absolute Gasteiger partial charge is 0.253 e. The predicted molar refractivity (Wildman–Crippen MR) is 127 cm³/mol. The monoisotopic (exact) mass is 470 g/mol. The summed E-state index contributed by atoms with van der Waals surface area (Å²) < 4.78 is 6.91. The van der Waals surface area contributed by atoms with E-state index in [-0.39, 0.29) is 5.82 Å². The van der Waals surface area contributed by atoms with Crippen LogP contribution in [-0.2, 0) is 17.7 Å². The van der Waals surface area contributed by atoms with E-state index in [1.54, 1.807) is 11.8 Å². The van der Waals surface area contributed by atoms with Gasteiger partial charge in [-0.3, -0.25) is 0 Å². The maximum atomic E-state index is 9.04. The van der Waals surface area contributed by atoms with E-state index in [9.17, 15) is 0 Å². The van der Waals surface area contributed by atoms with E-state index in [0.717, 1.165) is 47.6 Å². The summed E-state index contributed by atoms with van der Waals surface area (Å²) in [6, 6.07) is 20.6. The molecule has 9 nitrogen and oxygen atoms in total. The topological polar surface area (TPSA) is 106 Å². The van der Waals surface area contributed by atoms with Gasteiger partial charge in [0.05, 0.1) is 19.8 Å². The molecule has 1 saturated heterocycles. The zero-order valence-corrected chi connectivity index (χ0v) is 19.2. The minimum Gasteiger partial charge on any atom is -0.378 e. The predicted octanol–water partition coefficient (Wildman–Crippen LogP) is 2.96. The number of rotatable bonds is 7. The van der Waals surface area contributed by atoms with Crippen LogP contribution >= 0.6 is 11.8 Å². The highest BCUT2D eigenvalue weighted by molar-refractivity contribution is 7.99. The van der Waals surface area contributed by atoms with Gasteiger partial charge in [0.2, 0.25) is 0 Å². The number of benzene rings is 2. The lowest BCUT2D eigenvalue weighted by Gasteiger charge is -2.28. The van der Waals surface area contributed by atoms with Gasteiger partial charge in [-0.15, -0.1) is 0 Å². The first-order valence-electron chi connectivity index (χ1n) is 10.9. The lowest BCUT2D eigenvalue weighted by atomic mass is 10.1. The molecule has 3 heterocycles. The second-order valence-electron chi connectivity index (χ2n) is 7.77. The maximum Gasteiger partial charge on any atom is 0.253 e.